The molecule has 0 saturated carbocycles. The lowest BCUT2D eigenvalue weighted by atomic mass is 10.1. The zero-order valence-electron chi connectivity index (χ0n) is 13.6. The molecule has 1 N–H and O–H groups in total. The fourth-order valence-corrected chi connectivity index (χ4v) is 2.50. The lowest BCUT2D eigenvalue weighted by molar-refractivity contribution is -0.385. The van der Waals surface area contributed by atoms with Crippen molar-refractivity contribution in [1.29, 1.82) is 0 Å². The molecule has 7 heteroatoms. The van der Waals surface area contributed by atoms with E-state index in [2.05, 4.69) is 11.2 Å². The number of fused-ring (bicyclic) bond motifs is 1. The molecule has 0 bridgehead atoms. The Hall–Kier alpha value is -3.63. The third-order valence-corrected chi connectivity index (χ3v) is 3.65. The molecule has 0 fully saturated rings. The van der Waals surface area contributed by atoms with Crippen LogP contribution in [0.15, 0.2) is 42.5 Å². The van der Waals surface area contributed by atoms with Crippen molar-refractivity contribution >= 4 is 23.4 Å². The van der Waals surface area contributed by atoms with Crippen LogP contribution in [0.1, 0.15) is 16.7 Å². The predicted octanol–water partition coefficient (Wildman–Crippen LogP) is 3.09. The number of hydrogen-bond donors (Lipinski definition) is 1. The van der Waals surface area contributed by atoms with Gasteiger partial charge >= 0.3 is 0 Å². The number of benzene rings is 2. The molecule has 130 valence electrons. The largest absolute Gasteiger partial charge is 0.467 e. The fraction of sp³-hybridized carbons (Fsp3) is 0.105. The Labute approximate surface area is 149 Å². The molecule has 2 aromatic carbocycles. The molecule has 0 atom stereocenters. The maximum atomic E-state index is 12.1. The normalized spacial score (nSPS) is 12.7. The molecule has 1 amide bonds. The first kappa shape index (κ1) is 17.2. The van der Waals surface area contributed by atoms with E-state index < -0.39 is 10.8 Å². The monoisotopic (exact) mass is 350 g/mol. The molecule has 0 unspecified atom stereocenters. The second-order valence-electron chi connectivity index (χ2n) is 5.44. The van der Waals surface area contributed by atoms with Crippen molar-refractivity contribution in [2.75, 3.05) is 12.1 Å². The average Bonchev–Trinajstić information content (AvgIpc) is 2.66. The van der Waals surface area contributed by atoms with E-state index in [1.807, 2.05) is 0 Å². The number of amides is 1. The van der Waals surface area contributed by atoms with Crippen molar-refractivity contribution in [1.82, 2.24) is 0 Å². The molecule has 3 rings (SSSR count). The van der Waals surface area contributed by atoms with Crippen LogP contribution in [0, 0.1) is 22.5 Å². The van der Waals surface area contributed by atoms with E-state index in [4.69, 9.17) is 15.9 Å². The van der Waals surface area contributed by atoms with E-state index in [1.54, 1.807) is 24.3 Å². The molecule has 26 heavy (non-hydrogen) atoms. The molecule has 0 saturated heterocycles. The van der Waals surface area contributed by atoms with E-state index >= 15 is 0 Å². The number of ether oxygens (including phenoxy) is 2. The minimum atomic E-state index is -0.502. The maximum absolute atomic E-state index is 12.1. The molecular formula is C19H14N2O5. The van der Waals surface area contributed by atoms with E-state index in [1.165, 1.54) is 24.3 Å². The van der Waals surface area contributed by atoms with Gasteiger partial charge in [0.25, 0.3) is 5.69 Å². The Morgan fingerprint density at radius 1 is 1.35 bits per heavy atom. The van der Waals surface area contributed by atoms with Crippen molar-refractivity contribution in [3.63, 3.8) is 0 Å². The average molecular weight is 350 g/mol. The number of anilines is 1. The summed E-state index contributed by atoms with van der Waals surface area (Å²) in [5.41, 5.74) is 2.10. The molecule has 1 aliphatic rings. The SMILES string of the molecule is C#Cc1cccc(NC(=O)/C=C/c2cc([N+](=O)[O-])cc3c2OCOC3)c1. The Bertz CT molecular complexity index is 943. The van der Waals surface area contributed by atoms with Gasteiger partial charge in [0.2, 0.25) is 5.91 Å². The van der Waals surface area contributed by atoms with Gasteiger partial charge in [-0.25, -0.2) is 0 Å². The van der Waals surface area contributed by atoms with E-state index in [-0.39, 0.29) is 19.1 Å². The first-order valence-corrected chi connectivity index (χ1v) is 7.64. The zero-order chi connectivity index (χ0) is 18.5. The minimum Gasteiger partial charge on any atom is -0.467 e. The summed E-state index contributed by atoms with van der Waals surface area (Å²) in [4.78, 5) is 22.7. The Morgan fingerprint density at radius 3 is 2.96 bits per heavy atom. The standard InChI is InChI=1S/C19H14N2O5/c1-2-13-4-3-5-16(8-13)20-18(22)7-6-14-9-17(21(23)24)10-15-11-25-12-26-19(14)15/h1,3-10H,11-12H2,(H,20,22)/b7-6+. The number of carbonyl (C=O) groups excluding carboxylic acids is 1. The number of nitro benzene ring substituents is 1. The summed E-state index contributed by atoms with van der Waals surface area (Å²) in [6.07, 6.45) is 8.08. The summed E-state index contributed by atoms with van der Waals surface area (Å²) in [6, 6.07) is 9.62. The van der Waals surface area contributed by atoms with Gasteiger partial charge in [0.15, 0.2) is 6.79 Å². The highest BCUT2D eigenvalue weighted by molar-refractivity contribution is 6.02. The number of nitrogens with zero attached hydrogens (tertiary/aromatic N) is 1. The molecule has 0 aliphatic carbocycles. The molecule has 2 aromatic rings. The zero-order valence-corrected chi connectivity index (χ0v) is 13.6. The summed E-state index contributed by atoms with van der Waals surface area (Å²) in [5.74, 6) is 2.56. The third-order valence-electron chi connectivity index (χ3n) is 3.65. The number of carbonyl (C=O) groups is 1. The van der Waals surface area contributed by atoms with Gasteiger partial charge in [0, 0.05) is 40.6 Å². The Balaban J connectivity index is 1.83. The first-order chi connectivity index (χ1) is 12.6. The summed E-state index contributed by atoms with van der Waals surface area (Å²) in [6.45, 7) is 0.264. The molecule has 0 aromatic heterocycles. The maximum Gasteiger partial charge on any atom is 0.270 e. The first-order valence-electron chi connectivity index (χ1n) is 7.64. The highest BCUT2D eigenvalue weighted by atomic mass is 16.7. The lowest BCUT2D eigenvalue weighted by Gasteiger charge is -2.19. The van der Waals surface area contributed by atoms with E-state index in [9.17, 15) is 14.9 Å². The van der Waals surface area contributed by atoms with Gasteiger partial charge in [-0.15, -0.1) is 6.42 Å². The topological polar surface area (TPSA) is 90.7 Å². The van der Waals surface area contributed by atoms with Crippen LogP contribution in [-0.2, 0) is 16.1 Å². The number of rotatable bonds is 4. The predicted molar refractivity (Wildman–Crippen MR) is 95.4 cm³/mol. The molecule has 1 aliphatic heterocycles. The minimum absolute atomic E-state index is 0.0523. The highest BCUT2D eigenvalue weighted by Crippen LogP contribution is 2.33. The number of nitrogens with one attached hydrogen (secondary N) is 1. The van der Waals surface area contributed by atoms with Crippen LogP contribution in [0.25, 0.3) is 6.08 Å². The van der Waals surface area contributed by atoms with E-state index in [0.717, 1.165) is 0 Å². The van der Waals surface area contributed by atoms with Crippen molar-refractivity contribution in [2.24, 2.45) is 0 Å². The third kappa shape index (κ3) is 3.88. The molecular weight excluding hydrogens is 336 g/mol. The summed E-state index contributed by atoms with van der Waals surface area (Å²) < 4.78 is 10.6. The summed E-state index contributed by atoms with van der Waals surface area (Å²) >= 11 is 0. The van der Waals surface area contributed by atoms with Crippen LogP contribution in [0.2, 0.25) is 0 Å². The smallest absolute Gasteiger partial charge is 0.270 e. The van der Waals surface area contributed by atoms with Gasteiger partial charge in [0.1, 0.15) is 5.75 Å². The van der Waals surface area contributed by atoms with Crippen LogP contribution >= 0.6 is 0 Å². The lowest BCUT2D eigenvalue weighted by Crippen LogP contribution is -2.13. The summed E-state index contributed by atoms with van der Waals surface area (Å²) in [7, 11) is 0. The molecule has 0 radical (unpaired) electrons. The number of hydrogen-bond acceptors (Lipinski definition) is 5. The van der Waals surface area contributed by atoms with Gasteiger partial charge < -0.3 is 14.8 Å². The van der Waals surface area contributed by atoms with Crippen molar-refractivity contribution in [3.8, 4) is 18.1 Å². The summed E-state index contributed by atoms with van der Waals surface area (Å²) in [5, 5.41) is 13.8. The second kappa shape index (κ2) is 7.51. The molecule has 7 nitrogen and oxygen atoms in total. The van der Waals surface area contributed by atoms with Crippen LogP contribution in [0.5, 0.6) is 5.75 Å². The van der Waals surface area contributed by atoms with Gasteiger partial charge in [-0.2, -0.15) is 0 Å². The highest BCUT2D eigenvalue weighted by Gasteiger charge is 2.19. The van der Waals surface area contributed by atoms with Gasteiger partial charge in [-0.3, -0.25) is 14.9 Å². The van der Waals surface area contributed by atoms with Crippen LogP contribution < -0.4 is 10.1 Å². The Kier molecular flexibility index (Phi) is 4.97. The Morgan fingerprint density at radius 2 is 2.19 bits per heavy atom. The van der Waals surface area contributed by atoms with Crippen LogP contribution in [-0.4, -0.2) is 17.6 Å². The molecule has 0 spiro atoms. The fourth-order valence-electron chi connectivity index (χ4n) is 2.50. The number of non-ortho nitro benzene ring substituents is 1. The van der Waals surface area contributed by atoms with Gasteiger partial charge in [-0.05, 0) is 24.3 Å². The van der Waals surface area contributed by atoms with Crippen molar-refractivity contribution in [3.05, 3.63) is 69.3 Å². The van der Waals surface area contributed by atoms with Gasteiger partial charge in [-0.1, -0.05) is 12.0 Å². The number of terminal acetylenes is 1. The quantitative estimate of drug-likeness (QED) is 0.396. The van der Waals surface area contributed by atoms with Crippen molar-refractivity contribution in [2.45, 2.75) is 6.61 Å². The van der Waals surface area contributed by atoms with Crippen LogP contribution in [0.3, 0.4) is 0 Å². The second-order valence-corrected chi connectivity index (χ2v) is 5.44. The van der Waals surface area contributed by atoms with Gasteiger partial charge in [0.05, 0.1) is 11.5 Å². The van der Waals surface area contributed by atoms with Crippen LogP contribution in [0.4, 0.5) is 11.4 Å². The molecule has 1 heterocycles. The number of nitro groups is 1. The van der Waals surface area contributed by atoms with E-state index in [0.29, 0.717) is 28.1 Å². The van der Waals surface area contributed by atoms with Crippen molar-refractivity contribution < 1.29 is 19.2 Å².